The van der Waals surface area contributed by atoms with Gasteiger partial charge >= 0.3 is 0 Å². The summed E-state index contributed by atoms with van der Waals surface area (Å²) in [6.45, 7) is 2.62. The first kappa shape index (κ1) is 19.2. The van der Waals surface area contributed by atoms with E-state index in [4.69, 9.17) is 11.6 Å². The number of benzene rings is 1. The molecule has 0 unspecified atom stereocenters. The molecular formula is C19H30ClN3O. The number of carbonyl (C=O) groups is 1. The van der Waals surface area contributed by atoms with Crippen molar-refractivity contribution in [2.24, 2.45) is 5.92 Å². The number of likely N-dealkylation sites (tertiary alicyclic amines) is 1. The van der Waals surface area contributed by atoms with Crippen molar-refractivity contribution in [3.63, 3.8) is 0 Å². The van der Waals surface area contributed by atoms with Crippen molar-refractivity contribution in [1.82, 2.24) is 15.1 Å². The number of aryl methyl sites for hydroxylation is 1. The summed E-state index contributed by atoms with van der Waals surface area (Å²) >= 11 is 5.89. The second-order valence-electron chi connectivity index (χ2n) is 7.13. The van der Waals surface area contributed by atoms with Crippen LogP contribution in [0.15, 0.2) is 24.3 Å². The lowest BCUT2D eigenvalue weighted by molar-refractivity contribution is -0.125. The van der Waals surface area contributed by atoms with Gasteiger partial charge < -0.3 is 15.1 Å². The Kier molecular flexibility index (Phi) is 7.53. The van der Waals surface area contributed by atoms with Gasteiger partial charge in [-0.3, -0.25) is 4.79 Å². The molecule has 0 radical (unpaired) electrons. The highest BCUT2D eigenvalue weighted by Gasteiger charge is 2.27. The van der Waals surface area contributed by atoms with Crippen molar-refractivity contribution in [2.75, 3.05) is 40.8 Å². The molecule has 0 saturated carbocycles. The molecule has 4 nitrogen and oxygen atoms in total. The van der Waals surface area contributed by atoms with Crippen LogP contribution in [0.25, 0.3) is 0 Å². The Morgan fingerprint density at radius 3 is 2.62 bits per heavy atom. The van der Waals surface area contributed by atoms with Gasteiger partial charge in [0, 0.05) is 30.7 Å². The molecule has 1 amide bonds. The van der Waals surface area contributed by atoms with E-state index in [1.165, 1.54) is 5.56 Å². The molecule has 1 saturated heterocycles. The van der Waals surface area contributed by atoms with Crippen LogP contribution >= 0.6 is 11.6 Å². The molecule has 1 heterocycles. The molecule has 0 aromatic heterocycles. The predicted molar refractivity (Wildman–Crippen MR) is 100 cm³/mol. The highest BCUT2D eigenvalue weighted by atomic mass is 35.5. The third-order valence-corrected chi connectivity index (χ3v) is 5.11. The number of amides is 1. The van der Waals surface area contributed by atoms with Crippen LogP contribution in [-0.2, 0) is 11.2 Å². The Labute approximate surface area is 151 Å². The molecule has 1 fully saturated rings. The number of hydrogen-bond acceptors (Lipinski definition) is 3. The molecule has 1 N–H and O–H groups in total. The summed E-state index contributed by atoms with van der Waals surface area (Å²) in [5.41, 5.74) is 1.26. The zero-order valence-electron chi connectivity index (χ0n) is 15.1. The summed E-state index contributed by atoms with van der Waals surface area (Å²) < 4.78 is 0. The third-order valence-electron chi connectivity index (χ3n) is 4.86. The number of halogens is 1. The second kappa shape index (κ2) is 9.40. The van der Waals surface area contributed by atoms with Crippen LogP contribution in [0.5, 0.6) is 0 Å². The quantitative estimate of drug-likeness (QED) is 0.800. The Hall–Kier alpha value is -1.10. The van der Waals surface area contributed by atoms with Gasteiger partial charge in [0.25, 0.3) is 0 Å². The molecule has 1 aromatic rings. The number of nitrogens with zero attached hydrogens (tertiary/aromatic N) is 2. The van der Waals surface area contributed by atoms with Gasteiger partial charge in [-0.15, -0.1) is 0 Å². The van der Waals surface area contributed by atoms with E-state index < -0.39 is 0 Å². The minimum Gasteiger partial charge on any atom is -0.356 e. The Balaban J connectivity index is 1.72. The van der Waals surface area contributed by atoms with Gasteiger partial charge in [0.2, 0.25) is 5.91 Å². The first-order valence-corrected chi connectivity index (χ1v) is 9.20. The smallest absolute Gasteiger partial charge is 0.224 e. The van der Waals surface area contributed by atoms with E-state index in [2.05, 4.69) is 36.3 Å². The molecule has 0 aliphatic carbocycles. The van der Waals surface area contributed by atoms with Crippen molar-refractivity contribution in [3.8, 4) is 0 Å². The van der Waals surface area contributed by atoms with Crippen LogP contribution in [0.3, 0.4) is 0 Å². The normalized spacial score (nSPS) is 22.4. The molecule has 134 valence electrons. The molecular weight excluding hydrogens is 322 g/mol. The van der Waals surface area contributed by atoms with Crippen LogP contribution in [0.1, 0.15) is 24.8 Å². The summed E-state index contributed by atoms with van der Waals surface area (Å²) in [6, 6.07) is 8.46. The number of rotatable bonds is 6. The van der Waals surface area contributed by atoms with Crippen LogP contribution in [0.4, 0.5) is 0 Å². The molecule has 1 aliphatic heterocycles. The van der Waals surface area contributed by atoms with Gasteiger partial charge in [-0.05, 0) is 64.5 Å². The number of carbonyl (C=O) groups excluding carboxylic acids is 1. The molecule has 1 aromatic carbocycles. The van der Waals surface area contributed by atoms with Crippen molar-refractivity contribution < 1.29 is 4.79 Å². The van der Waals surface area contributed by atoms with Crippen molar-refractivity contribution in [1.29, 1.82) is 0 Å². The first-order chi connectivity index (χ1) is 11.5. The lowest BCUT2D eigenvalue weighted by Gasteiger charge is -2.25. The van der Waals surface area contributed by atoms with Crippen molar-refractivity contribution >= 4 is 17.5 Å². The van der Waals surface area contributed by atoms with Gasteiger partial charge in [0.05, 0.1) is 5.92 Å². The standard InChI is InChI=1S/C19H30ClN3O/c1-22(2)18-11-8-16(13-23(3)14-18)19(24)21-12-4-5-15-6-9-17(20)10-7-15/h6-7,9-10,16,18H,4-5,8,11-14H2,1-3H3,(H,21,24)/t16-,18+/m1/s1. The topological polar surface area (TPSA) is 35.6 Å². The lowest BCUT2D eigenvalue weighted by Crippen LogP contribution is -2.39. The van der Waals surface area contributed by atoms with Crippen LogP contribution in [0, 0.1) is 5.92 Å². The van der Waals surface area contributed by atoms with Crippen molar-refractivity contribution in [3.05, 3.63) is 34.9 Å². The summed E-state index contributed by atoms with van der Waals surface area (Å²) in [5, 5.41) is 3.89. The number of hydrogen-bond donors (Lipinski definition) is 1. The zero-order chi connectivity index (χ0) is 17.5. The van der Waals surface area contributed by atoms with Gasteiger partial charge in [-0.1, -0.05) is 23.7 Å². The minimum atomic E-state index is 0.107. The maximum absolute atomic E-state index is 12.5. The van der Waals surface area contributed by atoms with Gasteiger partial charge in [-0.25, -0.2) is 0 Å². The van der Waals surface area contributed by atoms with Crippen LogP contribution in [-0.4, -0.2) is 62.5 Å². The van der Waals surface area contributed by atoms with Gasteiger partial charge in [-0.2, -0.15) is 0 Å². The van der Waals surface area contributed by atoms with Crippen LogP contribution < -0.4 is 5.32 Å². The lowest BCUT2D eigenvalue weighted by atomic mass is 10.0. The van der Waals surface area contributed by atoms with E-state index in [0.717, 1.165) is 50.3 Å². The minimum absolute atomic E-state index is 0.107. The SMILES string of the molecule is CN1C[C@H](C(=O)NCCCc2ccc(Cl)cc2)CC[C@H](N(C)C)C1. The fourth-order valence-electron chi connectivity index (χ4n) is 3.32. The van der Waals surface area contributed by atoms with Crippen molar-refractivity contribution in [2.45, 2.75) is 31.7 Å². The summed E-state index contributed by atoms with van der Waals surface area (Å²) in [6.07, 6.45) is 3.97. The molecule has 24 heavy (non-hydrogen) atoms. The average molecular weight is 352 g/mol. The van der Waals surface area contributed by atoms with E-state index in [0.29, 0.717) is 6.04 Å². The molecule has 5 heteroatoms. The number of likely N-dealkylation sites (N-methyl/N-ethyl adjacent to an activating group) is 2. The third kappa shape index (κ3) is 6.08. The predicted octanol–water partition coefficient (Wildman–Crippen LogP) is 2.66. The van der Waals surface area contributed by atoms with E-state index >= 15 is 0 Å². The second-order valence-corrected chi connectivity index (χ2v) is 7.57. The largest absolute Gasteiger partial charge is 0.356 e. The molecule has 2 atom stereocenters. The highest BCUT2D eigenvalue weighted by Crippen LogP contribution is 2.18. The molecule has 0 bridgehead atoms. The van der Waals surface area contributed by atoms with E-state index in [9.17, 15) is 4.79 Å². The Morgan fingerprint density at radius 2 is 1.96 bits per heavy atom. The maximum atomic E-state index is 12.5. The molecule has 2 rings (SSSR count). The highest BCUT2D eigenvalue weighted by molar-refractivity contribution is 6.30. The van der Waals surface area contributed by atoms with Gasteiger partial charge in [0.15, 0.2) is 0 Å². The first-order valence-electron chi connectivity index (χ1n) is 8.83. The van der Waals surface area contributed by atoms with Crippen LogP contribution in [0.2, 0.25) is 5.02 Å². The maximum Gasteiger partial charge on any atom is 0.224 e. The average Bonchev–Trinajstić information content (AvgIpc) is 2.75. The Bertz CT molecular complexity index is 518. The van der Waals surface area contributed by atoms with Gasteiger partial charge in [0.1, 0.15) is 0 Å². The van der Waals surface area contributed by atoms with E-state index in [1.807, 2.05) is 24.3 Å². The van der Waals surface area contributed by atoms with E-state index in [-0.39, 0.29) is 11.8 Å². The fourth-order valence-corrected chi connectivity index (χ4v) is 3.45. The fraction of sp³-hybridized carbons (Fsp3) is 0.632. The van der Waals surface area contributed by atoms with E-state index in [1.54, 1.807) is 0 Å². The monoisotopic (exact) mass is 351 g/mol. The Morgan fingerprint density at radius 1 is 1.25 bits per heavy atom. The summed E-state index contributed by atoms with van der Waals surface area (Å²) in [7, 11) is 6.36. The number of nitrogens with one attached hydrogen (secondary N) is 1. The molecule has 1 aliphatic rings. The molecule has 0 spiro atoms. The summed E-state index contributed by atoms with van der Waals surface area (Å²) in [5.74, 6) is 0.313. The zero-order valence-corrected chi connectivity index (χ0v) is 15.9. The summed E-state index contributed by atoms with van der Waals surface area (Å²) in [4.78, 5) is 17.0.